The molecule has 100 valence electrons. The first-order chi connectivity index (χ1) is 9.16. The SMILES string of the molecule is O=C(NCCOc1ncc(Cl)cc1Cl)c1ccco1. The Morgan fingerprint density at radius 3 is 3.00 bits per heavy atom. The lowest BCUT2D eigenvalue weighted by Gasteiger charge is -2.07. The molecule has 0 unspecified atom stereocenters. The van der Waals surface area contributed by atoms with E-state index in [2.05, 4.69) is 10.3 Å². The summed E-state index contributed by atoms with van der Waals surface area (Å²) in [5, 5.41) is 3.39. The molecule has 0 saturated heterocycles. The van der Waals surface area contributed by atoms with Crippen LogP contribution in [0, 0.1) is 0 Å². The van der Waals surface area contributed by atoms with E-state index in [1.807, 2.05) is 0 Å². The number of amides is 1. The van der Waals surface area contributed by atoms with Crippen LogP contribution in [0.15, 0.2) is 35.1 Å². The van der Waals surface area contributed by atoms with E-state index in [-0.39, 0.29) is 24.2 Å². The Labute approximate surface area is 119 Å². The van der Waals surface area contributed by atoms with Crippen LogP contribution in [0.4, 0.5) is 0 Å². The molecule has 0 fully saturated rings. The van der Waals surface area contributed by atoms with Gasteiger partial charge in [-0.05, 0) is 18.2 Å². The zero-order chi connectivity index (χ0) is 13.7. The maximum atomic E-state index is 11.5. The number of ether oxygens (including phenoxy) is 1. The molecule has 5 nitrogen and oxygen atoms in total. The van der Waals surface area contributed by atoms with Crippen molar-refractivity contribution in [2.24, 2.45) is 0 Å². The fraction of sp³-hybridized carbons (Fsp3) is 0.167. The Morgan fingerprint density at radius 1 is 1.47 bits per heavy atom. The van der Waals surface area contributed by atoms with Gasteiger partial charge in [0.15, 0.2) is 5.76 Å². The summed E-state index contributed by atoms with van der Waals surface area (Å²) in [4.78, 5) is 15.4. The minimum absolute atomic E-state index is 0.237. The molecule has 2 heterocycles. The quantitative estimate of drug-likeness (QED) is 0.862. The van der Waals surface area contributed by atoms with Gasteiger partial charge in [0.1, 0.15) is 11.6 Å². The highest BCUT2D eigenvalue weighted by Gasteiger charge is 2.08. The van der Waals surface area contributed by atoms with Gasteiger partial charge in [0.2, 0.25) is 5.88 Å². The van der Waals surface area contributed by atoms with Crippen LogP contribution >= 0.6 is 23.2 Å². The number of hydrogen-bond acceptors (Lipinski definition) is 4. The molecule has 2 aromatic rings. The average Bonchev–Trinajstić information content (AvgIpc) is 2.90. The fourth-order valence-electron chi connectivity index (χ4n) is 1.32. The third-order valence-electron chi connectivity index (χ3n) is 2.15. The van der Waals surface area contributed by atoms with Crippen LogP contribution in [-0.2, 0) is 0 Å². The molecular weight excluding hydrogens is 291 g/mol. The first-order valence-corrected chi connectivity index (χ1v) is 6.18. The van der Waals surface area contributed by atoms with Crippen molar-refractivity contribution in [1.82, 2.24) is 10.3 Å². The lowest BCUT2D eigenvalue weighted by Crippen LogP contribution is -2.27. The molecule has 0 aliphatic carbocycles. The number of rotatable bonds is 5. The molecule has 0 radical (unpaired) electrons. The zero-order valence-electron chi connectivity index (χ0n) is 9.73. The van der Waals surface area contributed by atoms with Gasteiger partial charge in [-0.1, -0.05) is 23.2 Å². The van der Waals surface area contributed by atoms with Crippen molar-refractivity contribution in [2.45, 2.75) is 0 Å². The summed E-state index contributed by atoms with van der Waals surface area (Å²) in [5.41, 5.74) is 0. The average molecular weight is 301 g/mol. The Balaban J connectivity index is 1.76. The van der Waals surface area contributed by atoms with Crippen molar-refractivity contribution >= 4 is 29.1 Å². The van der Waals surface area contributed by atoms with Gasteiger partial charge in [0.25, 0.3) is 5.91 Å². The second kappa shape index (κ2) is 6.45. The highest BCUT2D eigenvalue weighted by Crippen LogP contribution is 2.24. The molecule has 0 atom stereocenters. The van der Waals surface area contributed by atoms with Gasteiger partial charge in [-0.25, -0.2) is 4.98 Å². The molecule has 0 aliphatic rings. The number of halogens is 2. The van der Waals surface area contributed by atoms with Gasteiger partial charge in [0, 0.05) is 6.20 Å². The van der Waals surface area contributed by atoms with Gasteiger partial charge in [0.05, 0.1) is 17.8 Å². The third-order valence-corrected chi connectivity index (χ3v) is 2.62. The second-order valence-electron chi connectivity index (χ2n) is 3.52. The first-order valence-electron chi connectivity index (χ1n) is 5.42. The summed E-state index contributed by atoms with van der Waals surface area (Å²) in [5.74, 6) is 0.227. The number of aromatic nitrogens is 1. The molecular formula is C12H10Cl2N2O3. The minimum Gasteiger partial charge on any atom is -0.475 e. The number of nitrogens with zero attached hydrogens (tertiary/aromatic N) is 1. The van der Waals surface area contributed by atoms with Crippen LogP contribution in [-0.4, -0.2) is 24.0 Å². The Morgan fingerprint density at radius 2 is 2.32 bits per heavy atom. The second-order valence-corrected chi connectivity index (χ2v) is 4.37. The fourth-order valence-corrected chi connectivity index (χ4v) is 1.75. The van der Waals surface area contributed by atoms with Crippen molar-refractivity contribution in [3.63, 3.8) is 0 Å². The highest BCUT2D eigenvalue weighted by atomic mass is 35.5. The largest absolute Gasteiger partial charge is 0.475 e. The van der Waals surface area contributed by atoms with Gasteiger partial charge >= 0.3 is 0 Å². The van der Waals surface area contributed by atoms with Crippen molar-refractivity contribution in [3.05, 3.63) is 46.5 Å². The van der Waals surface area contributed by atoms with E-state index < -0.39 is 0 Å². The smallest absolute Gasteiger partial charge is 0.287 e. The number of carbonyl (C=O) groups is 1. The minimum atomic E-state index is -0.302. The summed E-state index contributed by atoms with van der Waals surface area (Å²) in [6.07, 6.45) is 2.87. The third kappa shape index (κ3) is 3.87. The Hall–Kier alpha value is -1.72. The molecule has 0 saturated carbocycles. The summed E-state index contributed by atoms with van der Waals surface area (Å²) < 4.78 is 10.3. The van der Waals surface area contributed by atoms with Gasteiger partial charge in [-0.15, -0.1) is 0 Å². The van der Waals surface area contributed by atoms with Gasteiger partial charge < -0.3 is 14.5 Å². The van der Waals surface area contributed by atoms with E-state index in [4.69, 9.17) is 32.4 Å². The number of furan rings is 1. The molecule has 0 aromatic carbocycles. The first kappa shape index (κ1) is 13.7. The van der Waals surface area contributed by atoms with E-state index in [0.29, 0.717) is 16.6 Å². The molecule has 0 bridgehead atoms. The predicted molar refractivity (Wildman–Crippen MR) is 70.8 cm³/mol. The zero-order valence-corrected chi connectivity index (χ0v) is 11.2. The lowest BCUT2D eigenvalue weighted by atomic mass is 10.4. The van der Waals surface area contributed by atoms with E-state index in [1.54, 1.807) is 12.1 Å². The number of pyridine rings is 1. The molecule has 1 N–H and O–H groups in total. The Kier molecular flexibility index (Phi) is 4.65. The molecule has 1 amide bonds. The van der Waals surface area contributed by atoms with Crippen LogP contribution in [0.25, 0.3) is 0 Å². The van der Waals surface area contributed by atoms with Crippen molar-refractivity contribution < 1.29 is 13.9 Å². The molecule has 19 heavy (non-hydrogen) atoms. The topological polar surface area (TPSA) is 64.4 Å². The van der Waals surface area contributed by atoms with Gasteiger partial charge in [-0.3, -0.25) is 4.79 Å². The highest BCUT2D eigenvalue weighted by molar-refractivity contribution is 6.35. The molecule has 0 spiro atoms. The molecule has 2 rings (SSSR count). The van der Waals surface area contributed by atoms with E-state index in [1.165, 1.54) is 18.5 Å². The van der Waals surface area contributed by atoms with Crippen LogP contribution < -0.4 is 10.1 Å². The predicted octanol–water partition coefficient (Wildman–Crippen LogP) is 2.79. The Bertz CT molecular complexity index is 558. The van der Waals surface area contributed by atoms with E-state index in [0.717, 1.165) is 0 Å². The maximum absolute atomic E-state index is 11.5. The summed E-state index contributed by atoms with van der Waals surface area (Å²) >= 11 is 11.6. The summed E-state index contributed by atoms with van der Waals surface area (Å²) in [6, 6.07) is 4.75. The van der Waals surface area contributed by atoms with Crippen molar-refractivity contribution in [3.8, 4) is 5.88 Å². The normalized spacial score (nSPS) is 10.2. The summed E-state index contributed by atoms with van der Waals surface area (Å²) in [7, 11) is 0. The maximum Gasteiger partial charge on any atom is 0.287 e. The monoisotopic (exact) mass is 300 g/mol. The standard InChI is InChI=1S/C12H10Cl2N2O3/c13-8-6-9(14)12(16-7-8)19-5-3-15-11(17)10-2-1-4-18-10/h1-2,4,6-7H,3,5H2,(H,15,17). The van der Waals surface area contributed by atoms with Gasteiger partial charge in [-0.2, -0.15) is 0 Å². The van der Waals surface area contributed by atoms with Crippen LogP contribution in [0.1, 0.15) is 10.6 Å². The van der Waals surface area contributed by atoms with Crippen LogP contribution in [0.2, 0.25) is 10.0 Å². The molecule has 7 heteroatoms. The number of nitrogens with one attached hydrogen (secondary N) is 1. The van der Waals surface area contributed by atoms with E-state index >= 15 is 0 Å². The van der Waals surface area contributed by atoms with E-state index in [9.17, 15) is 4.79 Å². The van der Waals surface area contributed by atoms with Crippen molar-refractivity contribution in [1.29, 1.82) is 0 Å². The number of hydrogen-bond donors (Lipinski definition) is 1. The number of carbonyl (C=O) groups excluding carboxylic acids is 1. The molecule has 2 aromatic heterocycles. The lowest BCUT2D eigenvalue weighted by molar-refractivity contribution is 0.0919. The van der Waals surface area contributed by atoms with Crippen LogP contribution in [0.3, 0.4) is 0 Å². The summed E-state index contributed by atoms with van der Waals surface area (Å²) in [6.45, 7) is 0.543. The van der Waals surface area contributed by atoms with Crippen LogP contribution in [0.5, 0.6) is 5.88 Å². The van der Waals surface area contributed by atoms with Crippen molar-refractivity contribution in [2.75, 3.05) is 13.2 Å². The molecule has 0 aliphatic heterocycles.